The van der Waals surface area contributed by atoms with Crippen LogP contribution in [-0.4, -0.2) is 27.4 Å². The third kappa shape index (κ3) is 1.69. The van der Waals surface area contributed by atoms with Crippen molar-refractivity contribution in [2.45, 2.75) is 25.2 Å². The van der Waals surface area contributed by atoms with Crippen molar-refractivity contribution in [3.8, 4) is 0 Å². The van der Waals surface area contributed by atoms with E-state index < -0.39 is 0 Å². The highest BCUT2D eigenvalue weighted by Gasteiger charge is 2.26. The maximum atomic E-state index is 11.3. The Labute approximate surface area is 81.0 Å². The molecule has 2 atom stereocenters. The Balaban J connectivity index is 2.18. The summed E-state index contributed by atoms with van der Waals surface area (Å²) >= 11 is 0. The maximum Gasteiger partial charge on any atom is 0.349 e. The molecule has 0 spiro atoms. The van der Waals surface area contributed by atoms with Gasteiger partial charge in [-0.1, -0.05) is 0 Å². The van der Waals surface area contributed by atoms with Gasteiger partial charge in [-0.15, -0.1) is 0 Å². The second-order valence-corrected chi connectivity index (χ2v) is 3.28. The zero-order valence-corrected chi connectivity index (χ0v) is 7.67. The number of rotatable bonds is 2. The molecule has 0 bridgehead atoms. The van der Waals surface area contributed by atoms with Crippen LogP contribution >= 0.6 is 0 Å². The Kier molecular flexibility index (Phi) is 2.60. The zero-order chi connectivity index (χ0) is 9.97. The number of ether oxygens (including phenoxy) is 1. The molecule has 2 heterocycles. The molecule has 1 N–H and O–H groups in total. The average molecular weight is 196 g/mol. The van der Waals surface area contributed by atoms with Gasteiger partial charge < -0.3 is 9.84 Å². The molecule has 1 saturated heterocycles. The van der Waals surface area contributed by atoms with Crippen molar-refractivity contribution >= 4 is 0 Å². The number of nitrogens with zero attached hydrogens (tertiary/aromatic N) is 2. The first-order valence-corrected chi connectivity index (χ1v) is 4.60. The summed E-state index contributed by atoms with van der Waals surface area (Å²) in [6.07, 6.45) is 4.22. The average Bonchev–Trinajstić information content (AvgIpc) is 2.67. The molecule has 1 aliphatic rings. The number of aliphatic hydroxyl groups excluding tert-OH is 1. The first kappa shape index (κ1) is 9.36. The molecule has 5 heteroatoms. The van der Waals surface area contributed by atoms with Gasteiger partial charge in [0, 0.05) is 12.4 Å². The SMILES string of the molecule is O=c1ncccn1[C@H]1CC[C@@H](CO)O1. The van der Waals surface area contributed by atoms with E-state index in [1.165, 1.54) is 10.8 Å². The van der Waals surface area contributed by atoms with E-state index in [-0.39, 0.29) is 24.6 Å². The van der Waals surface area contributed by atoms with Crippen molar-refractivity contribution in [2.75, 3.05) is 6.61 Å². The number of aromatic nitrogens is 2. The standard InChI is InChI=1S/C9H12N2O3/c12-6-7-2-3-8(14-7)11-5-1-4-10-9(11)13/h1,4-5,7-8,12H,2-3,6H2/t7-,8+/m0/s1. The van der Waals surface area contributed by atoms with Gasteiger partial charge in [-0.05, 0) is 18.9 Å². The van der Waals surface area contributed by atoms with E-state index in [4.69, 9.17) is 9.84 Å². The molecular weight excluding hydrogens is 184 g/mol. The van der Waals surface area contributed by atoms with E-state index in [1.807, 2.05) is 0 Å². The molecule has 1 aliphatic heterocycles. The van der Waals surface area contributed by atoms with Crippen LogP contribution in [0.1, 0.15) is 19.1 Å². The van der Waals surface area contributed by atoms with Crippen LogP contribution in [0.3, 0.4) is 0 Å². The molecule has 76 valence electrons. The minimum absolute atomic E-state index is 0.00547. The predicted octanol–water partition coefficient (Wildman–Crippen LogP) is -0.0868. The lowest BCUT2D eigenvalue weighted by Crippen LogP contribution is -2.26. The highest BCUT2D eigenvalue weighted by atomic mass is 16.5. The van der Waals surface area contributed by atoms with Gasteiger partial charge in [0.1, 0.15) is 6.23 Å². The Morgan fingerprint density at radius 2 is 2.50 bits per heavy atom. The van der Waals surface area contributed by atoms with Crippen LogP contribution in [0.2, 0.25) is 0 Å². The van der Waals surface area contributed by atoms with Crippen molar-refractivity contribution in [1.29, 1.82) is 0 Å². The second kappa shape index (κ2) is 3.89. The van der Waals surface area contributed by atoms with Crippen molar-refractivity contribution < 1.29 is 9.84 Å². The third-order valence-electron chi connectivity index (χ3n) is 2.34. The highest BCUT2D eigenvalue weighted by Crippen LogP contribution is 2.26. The van der Waals surface area contributed by atoms with Crippen LogP contribution in [0.15, 0.2) is 23.3 Å². The summed E-state index contributed by atoms with van der Waals surface area (Å²) in [6, 6.07) is 1.69. The Bertz CT molecular complexity index is 363. The summed E-state index contributed by atoms with van der Waals surface area (Å²) in [7, 11) is 0. The fourth-order valence-electron chi connectivity index (χ4n) is 1.61. The summed E-state index contributed by atoms with van der Waals surface area (Å²) in [5.74, 6) is 0. The fourth-order valence-corrected chi connectivity index (χ4v) is 1.61. The van der Waals surface area contributed by atoms with Crippen LogP contribution in [0.4, 0.5) is 0 Å². The molecule has 0 aliphatic carbocycles. The summed E-state index contributed by atoms with van der Waals surface area (Å²) in [5, 5.41) is 8.87. The Morgan fingerprint density at radius 1 is 1.64 bits per heavy atom. The fraction of sp³-hybridized carbons (Fsp3) is 0.556. The van der Waals surface area contributed by atoms with Gasteiger partial charge in [0.15, 0.2) is 0 Å². The quantitative estimate of drug-likeness (QED) is 0.718. The molecule has 2 rings (SSSR count). The number of hydrogen-bond donors (Lipinski definition) is 1. The van der Waals surface area contributed by atoms with Crippen LogP contribution in [0.25, 0.3) is 0 Å². The minimum atomic E-state index is -0.309. The molecule has 0 unspecified atom stereocenters. The molecular formula is C9H12N2O3. The molecule has 0 radical (unpaired) electrons. The van der Waals surface area contributed by atoms with Gasteiger partial charge in [0.05, 0.1) is 12.7 Å². The summed E-state index contributed by atoms with van der Waals surface area (Å²) in [4.78, 5) is 15.0. The van der Waals surface area contributed by atoms with Crippen LogP contribution in [0, 0.1) is 0 Å². The molecule has 0 saturated carbocycles. The molecule has 5 nitrogen and oxygen atoms in total. The van der Waals surface area contributed by atoms with Crippen molar-refractivity contribution in [3.05, 3.63) is 28.9 Å². The first-order valence-electron chi connectivity index (χ1n) is 4.60. The van der Waals surface area contributed by atoms with Crippen LogP contribution < -0.4 is 5.69 Å². The smallest absolute Gasteiger partial charge is 0.349 e. The van der Waals surface area contributed by atoms with E-state index in [2.05, 4.69) is 4.98 Å². The van der Waals surface area contributed by atoms with Gasteiger partial charge in [-0.25, -0.2) is 9.78 Å². The highest BCUT2D eigenvalue weighted by molar-refractivity contribution is 4.84. The van der Waals surface area contributed by atoms with Crippen molar-refractivity contribution in [3.63, 3.8) is 0 Å². The van der Waals surface area contributed by atoms with Gasteiger partial charge in [0.2, 0.25) is 0 Å². The van der Waals surface area contributed by atoms with E-state index in [0.717, 1.165) is 12.8 Å². The Morgan fingerprint density at radius 3 is 3.14 bits per heavy atom. The van der Waals surface area contributed by atoms with E-state index in [1.54, 1.807) is 12.3 Å². The lowest BCUT2D eigenvalue weighted by Gasteiger charge is -2.13. The topological polar surface area (TPSA) is 64.4 Å². The molecule has 1 aromatic heterocycles. The zero-order valence-electron chi connectivity index (χ0n) is 7.67. The molecule has 1 fully saturated rings. The Hall–Kier alpha value is -1.20. The molecule has 0 amide bonds. The van der Waals surface area contributed by atoms with Crippen LogP contribution in [0.5, 0.6) is 0 Å². The largest absolute Gasteiger partial charge is 0.394 e. The van der Waals surface area contributed by atoms with Gasteiger partial charge in [-0.2, -0.15) is 0 Å². The molecule has 1 aromatic rings. The normalized spacial score (nSPS) is 26.6. The third-order valence-corrected chi connectivity index (χ3v) is 2.34. The van der Waals surface area contributed by atoms with Gasteiger partial charge in [0.25, 0.3) is 0 Å². The first-order chi connectivity index (χ1) is 6.81. The second-order valence-electron chi connectivity index (χ2n) is 3.28. The monoisotopic (exact) mass is 196 g/mol. The summed E-state index contributed by atoms with van der Waals surface area (Å²) in [6.45, 7) is 0.00547. The lowest BCUT2D eigenvalue weighted by atomic mass is 10.2. The van der Waals surface area contributed by atoms with Crippen LogP contribution in [-0.2, 0) is 4.74 Å². The molecule has 14 heavy (non-hydrogen) atoms. The lowest BCUT2D eigenvalue weighted by molar-refractivity contribution is -0.0245. The van der Waals surface area contributed by atoms with Gasteiger partial charge >= 0.3 is 5.69 Å². The van der Waals surface area contributed by atoms with Crippen molar-refractivity contribution in [1.82, 2.24) is 9.55 Å². The number of aliphatic hydroxyl groups is 1. The van der Waals surface area contributed by atoms with Gasteiger partial charge in [-0.3, -0.25) is 4.57 Å². The van der Waals surface area contributed by atoms with E-state index in [9.17, 15) is 4.79 Å². The van der Waals surface area contributed by atoms with E-state index in [0.29, 0.717) is 0 Å². The molecule has 0 aromatic carbocycles. The number of hydrogen-bond acceptors (Lipinski definition) is 4. The summed E-state index contributed by atoms with van der Waals surface area (Å²) < 4.78 is 6.90. The summed E-state index contributed by atoms with van der Waals surface area (Å²) in [5.41, 5.74) is -0.309. The maximum absolute atomic E-state index is 11.3. The van der Waals surface area contributed by atoms with E-state index >= 15 is 0 Å². The minimum Gasteiger partial charge on any atom is -0.394 e. The predicted molar refractivity (Wildman–Crippen MR) is 48.7 cm³/mol. The van der Waals surface area contributed by atoms with Crippen molar-refractivity contribution in [2.24, 2.45) is 0 Å².